The fourth-order valence-corrected chi connectivity index (χ4v) is 2.37. The van der Waals surface area contributed by atoms with Gasteiger partial charge in [0.05, 0.1) is 12.1 Å². The second-order valence-electron chi connectivity index (χ2n) is 3.03. The molecule has 1 N–H and O–H groups in total. The van der Waals surface area contributed by atoms with Crippen LogP contribution in [0.15, 0.2) is 12.1 Å². The van der Waals surface area contributed by atoms with Crippen LogP contribution in [0.5, 0.6) is 5.75 Å². The molecule has 0 aliphatic heterocycles. The standard InChI is InChI=1S/C10H13Cl2NOS/c1-13-9(5-15)7-3-6(11)4-8(12)10(7)14-2/h3-4,9,13,15H,5H2,1-2H3. The first-order valence-electron chi connectivity index (χ1n) is 4.45. The summed E-state index contributed by atoms with van der Waals surface area (Å²) in [4.78, 5) is 0. The number of rotatable bonds is 4. The molecule has 0 aromatic heterocycles. The molecule has 2 nitrogen and oxygen atoms in total. The monoisotopic (exact) mass is 265 g/mol. The van der Waals surface area contributed by atoms with Crippen LogP contribution in [0, 0.1) is 0 Å². The van der Waals surface area contributed by atoms with Gasteiger partial charge >= 0.3 is 0 Å². The Morgan fingerprint density at radius 3 is 2.60 bits per heavy atom. The molecule has 0 aliphatic rings. The van der Waals surface area contributed by atoms with E-state index in [-0.39, 0.29) is 6.04 Å². The Labute approximate surface area is 105 Å². The van der Waals surface area contributed by atoms with Gasteiger partial charge in [-0.2, -0.15) is 12.6 Å². The molecule has 1 atom stereocenters. The molecule has 15 heavy (non-hydrogen) atoms. The molecule has 0 fully saturated rings. The van der Waals surface area contributed by atoms with E-state index in [0.29, 0.717) is 21.5 Å². The van der Waals surface area contributed by atoms with Crippen LogP contribution in [0.2, 0.25) is 10.0 Å². The van der Waals surface area contributed by atoms with Crippen LogP contribution >= 0.6 is 35.8 Å². The van der Waals surface area contributed by atoms with Crippen LogP contribution in [0.25, 0.3) is 0 Å². The molecule has 0 spiro atoms. The number of benzene rings is 1. The molecule has 0 heterocycles. The normalized spacial score (nSPS) is 12.6. The van der Waals surface area contributed by atoms with Crippen LogP contribution in [0.1, 0.15) is 11.6 Å². The molecule has 84 valence electrons. The number of hydrogen-bond acceptors (Lipinski definition) is 3. The van der Waals surface area contributed by atoms with Crippen LogP contribution in [0.4, 0.5) is 0 Å². The molecule has 1 aromatic carbocycles. The van der Waals surface area contributed by atoms with Crippen molar-refractivity contribution in [2.75, 3.05) is 19.9 Å². The fourth-order valence-electron chi connectivity index (χ4n) is 1.40. The predicted molar refractivity (Wildman–Crippen MR) is 68.7 cm³/mol. The lowest BCUT2D eigenvalue weighted by Crippen LogP contribution is -2.18. The Balaban J connectivity index is 3.24. The van der Waals surface area contributed by atoms with Crippen LogP contribution in [-0.2, 0) is 0 Å². The molecule has 0 bridgehead atoms. The minimum absolute atomic E-state index is 0.0690. The summed E-state index contributed by atoms with van der Waals surface area (Å²) >= 11 is 16.2. The van der Waals surface area contributed by atoms with E-state index >= 15 is 0 Å². The largest absolute Gasteiger partial charge is 0.495 e. The van der Waals surface area contributed by atoms with E-state index < -0.39 is 0 Å². The maximum absolute atomic E-state index is 6.03. The van der Waals surface area contributed by atoms with E-state index in [1.54, 1.807) is 13.2 Å². The second kappa shape index (κ2) is 5.85. The number of halogens is 2. The zero-order chi connectivity index (χ0) is 11.4. The van der Waals surface area contributed by atoms with E-state index in [4.69, 9.17) is 27.9 Å². The third-order valence-corrected chi connectivity index (χ3v) is 3.01. The minimum Gasteiger partial charge on any atom is -0.495 e. The van der Waals surface area contributed by atoms with Gasteiger partial charge in [-0.1, -0.05) is 23.2 Å². The molecular formula is C10H13Cl2NOS. The molecule has 0 saturated carbocycles. The van der Waals surface area contributed by atoms with Crippen LogP contribution in [0.3, 0.4) is 0 Å². The summed E-state index contributed by atoms with van der Waals surface area (Å²) in [7, 11) is 3.44. The zero-order valence-electron chi connectivity index (χ0n) is 8.55. The predicted octanol–water partition coefficient (Wildman–Crippen LogP) is 3.19. The molecule has 5 heteroatoms. The lowest BCUT2D eigenvalue weighted by molar-refractivity contribution is 0.404. The van der Waals surface area contributed by atoms with Gasteiger partial charge in [-0.25, -0.2) is 0 Å². The molecule has 0 aliphatic carbocycles. The summed E-state index contributed by atoms with van der Waals surface area (Å²) in [5.41, 5.74) is 0.924. The topological polar surface area (TPSA) is 21.3 Å². The number of hydrogen-bond donors (Lipinski definition) is 2. The first-order valence-corrected chi connectivity index (χ1v) is 5.84. The lowest BCUT2D eigenvalue weighted by atomic mass is 10.1. The van der Waals surface area contributed by atoms with E-state index in [9.17, 15) is 0 Å². The molecule has 0 radical (unpaired) electrons. The highest BCUT2D eigenvalue weighted by Crippen LogP contribution is 2.35. The quantitative estimate of drug-likeness (QED) is 0.817. The van der Waals surface area contributed by atoms with Gasteiger partial charge in [0.15, 0.2) is 0 Å². The van der Waals surface area contributed by atoms with E-state index in [1.807, 2.05) is 13.1 Å². The number of methoxy groups -OCH3 is 1. The summed E-state index contributed by atoms with van der Waals surface area (Å²) in [6.45, 7) is 0. The van der Waals surface area contributed by atoms with Gasteiger partial charge in [-0.3, -0.25) is 0 Å². The van der Waals surface area contributed by atoms with Gasteiger partial charge in [-0.05, 0) is 19.2 Å². The lowest BCUT2D eigenvalue weighted by Gasteiger charge is -2.18. The third kappa shape index (κ3) is 2.94. The van der Waals surface area contributed by atoms with Gasteiger partial charge in [0, 0.05) is 22.4 Å². The van der Waals surface area contributed by atoms with Crippen molar-refractivity contribution in [1.82, 2.24) is 5.32 Å². The van der Waals surface area contributed by atoms with Crippen molar-refractivity contribution < 1.29 is 4.74 Å². The highest BCUT2D eigenvalue weighted by atomic mass is 35.5. The fraction of sp³-hybridized carbons (Fsp3) is 0.400. The first-order chi connectivity index (χ1) is 7.13. The van der Waals surface area contributed by atoms with Gasteiger partial charge in [0.2, 0.25) is 0 Å². The van der Waals surface area contributed by atoms with Crippen LogP contribution in [-0.4, -0.2) is 19.9 Å². The Morgan fingerprint density at radius 2 is 2.13 bits per heavy atom. The van der Waals surface area contributed by atoms with E-state index in [2.05, 4.69) is 17.9 Å². The molecular weight excluding hydrogens is 253 g/mol. The van der Waals surface area contributed by atoms with Gasteiger partial charge in [0.25, 0.3) is 0 Å². The van der Waals surface area contributed by atoms with Crippen molar-refractivity contribution in [1.29, 1.82) is 0 Å². The molecule has 0 saturated heterocycles. The summed E-state index contributed by atoms with van der Waals surface area (Å²) < 4.78 is 5.25. The molecule has 1 unspecified atom stereocenters. The average Bonchev–Trinajstić information content (AvgIpc) is 2.19. The molecule has 0 amide bonds. The maximum Gasteiger partial charge on any atom is 0.142 e. The summed E-state index contributed by atoms with van der Waals surface area (Å²) in [5, 5.41) is 4.23. The minimum atomic E-state index is 0.0690. The van der Waals surface area contributed by atoms with Crippen molar-refractivity contribution in [3.63, 3.8) is 0 Å². The molecule has 1 aromatic rings. The number of nitrogens with one attached hydrogen (secondary N) is 1. The SMILES string of the molecule is CNC(CS)c1cc(Cl)cc(Cl)c1OC. The maximum atomic E-state index is 6.03. The van der Waals surface area contributed by atoms with Crippen LogP contribution < -0.4 is 10.1 Å². The Bertz CT molecular complexity index is 342. The van der Waals surface area contributed by atoms with Crippen molar-refractivity contribution in [3.8, 4) is 5.75 Å². The summed E-state index contributed by atoms with van der Waals surface area (Å²) in [6.07, 6.45) is 0. The number of ether oxygens (including phenoxy) is 1. The second-order valence-corrected chi connectivity index (χ2v) is 4.24. The van der Waals surface area contributed by atoms with Gasteiger partial charge < -0.3 is 10.1 Å². The van der Waals surface area contributed by atoms with Gasteiger partial charge in [-0.15, -0.1) is 0 Å². The average molecular weight is 266 g/mol. The third-order valence-electron chi connectivity index (χ3n) is 2.15. The van der Waals surface area contributed by atoms with Crippen molar-refractivity contribution >= 4 is 35.8 Å². The number of thiol groups is 1. The Morgan fingerprint density at radius 1 is 1.47 bits per heavy atom. The Kier molecular flexibility index (Phi) is 5.06. The Hall–Kier alpha value is -0.0900. The van der Waals surface area contributed by atoms with Crippen molar-refractivity contribution in [3.05, 3.63) is 27.7 Å². The zero-order valence-corrected chi connectivity index (χ0v) is 11.0. The first kappa shape index (κ1) is 13.0. The van der Waals surface area contributed by atoms with Crippen molar-refractivity contribution in [2.45, 2.75) is 6.04 Å². The highest BCUT2D eigenvalue weighted by molar-refractivity contribution is 7.80. The van der Waals surface area contributed by atoms with Crippen molar-refractivity contribution in [2.24, 2.45) is 0 Å². The summed E-state index contributed by atoms with van der Waals surface area (Å²) in [6, 6.07) is 3.57. The van der Waals surface area contributed by atoms with E-state index in [1.165, 1.54) is 0 Å². The highest BCUT2D eigenvalue weighted by Gasteiger charge is 2.16. The summed E-state index contributed by atoms with van der Waals surface area (Å²) in [5.74, 6) is 1.29. The van der Waals surface area contributed by atoms with Gasteiger partial charge in [0.1, 0.15) is 5.75 Å². The molecule has 1 rings (SSSR count). The smallest absolute Gasteiger partial charge is 0.142 e. The van der Waals surface area contributed by atoms with E-state index in [0.717, 1.165) is 5.56 Å².